The first-order valence-electron chi connectivity index (χ1n) is 16.0. The minimum Gasteiger partial charge on any atom is -0.473 e. The van der Waals surface area contributed by atoms with Gasteiger partial charge in [-0.1, -0.05) is 12.1 Å². The molecular weight excluding hydrogens is 596 g/mol. The molecule has 2 fully saturated rings. The summed E-state index contributed by atoms with van der Waals surface area (Å²) in [5.41, 5.74) is 5.25. The number of nitrogens with one attached hydrogen (secondary N) is 3. The molecule has 0 aliphatic carbocycles. The van der Waals surface area contributed by atoms with Gasteiger partial charge in [-0.3, -0.25) is 14.4 Å². The van der Waals surface area contributed by atoms with Crippen LogP contribution >= 0.6 is 0 Å². The van der Waals surface area contributed by atoms with E-state index in [2.05, 4.69) is 57.4 Å². The summed E-state index contributed by atoms with van der Waals surface area (Å²) in [7, 11) is 4.03. The molecule has 0 radical (unpaired) electrons. The highest BCUT2D eigenvalue weighted by atomic mass is 16.5. The van der Waals surface area contributed by atoms with Gasteiger partial charge in [-0.05, 0) is 38.9 Å². The Kier molecular flexibility index (Phi) is 8.43. The average Bonchev–Trinajstić information content (AvgIpc) is 3.77. The van der Waals surface area contributed by atoms with Gasteiger partial charge in [0.1, 0.15) is 18.2 Å². The van der Waals surface area contributed by atoms with Gasteiger partial charge in [-0.2, -0.15) is 5.10 Å². The van der Waals surface area contributed by atoms with E-state index in [1.165, 1.54) is 0 Å². The molecular formula is C33H40N12O2. The van der Waals surface area contributed by atoms with E-state index >= 15 is 0 Å². The van der Waals surface area contributed by atoms with Gasteiger partial charge < -0.3 is 30.2 Å². The van der Waals surface area contributed by atoms with Crippen LogP contribution in [0, 0.1) is 13.8 Å². The summed E-state index contributed by atoms with van der Waals surface area (Å²) in [4.78, 5) is 41.4. The Balaban J connectivity index is 0.982. The lowest BCUT2D eigenvalue weighted by Crippen LogP contribution is -2.44. The molecule has 47 heavy (non-hydrogen) atoms. The molecule has 3 N–H and O–H groups in total. The molecule has 14 heteroatoms. The topological polar surface area (TPSA) is 145 Å². The van der Waals surface area contributed by atoms with Crippen LogP contribution in [-0.2, 0) is 11.8 Å². The zero-order chi connectivity index (χ0) is 32.5. The minimum atomic E-state index is -0.0796. The van der Waals surface area contributed by atoms with Gasteiger partial charge >= 0.3 is 0 Å². The Hall–Kier alpha value is -5.08. The van der Waals surface area contributed by atoms with Gasteiger partial charge in [0.05, 0.1) is 23.4 Å². The van der Waals surface area contributed by atoms with Crippen molar-refractivity contribution in [2.24, 2.45) is 7.05 Å². The van der Waals surface area contributed by atoms with Crippen LogP contribution in [0.2, 0.25) is 0 Å². The largest absolute Gasteiger partial charge is 0.473 e. The molecule has 0 saturated carbocycles. The van der Waals surface area contributed by atoms with Crippen LogP contribution in [0.3, 0.4) is 0 Å². The molecule has 0 bridgehead atoms. The number of carbonyl (C=O) groups excluding carboxylic acids is 1. The van der Waals surface area contributed by atoms with E-state index in [9.17, 15) is 4.79 Å². The number of benzene rings is 1. The van der Waals surface area contributed by atoms with E-state index < -0.39 is 0 Å². The van der Waals surface area contributed by atoms with Crippen molar-refractivity contribution < 1.29 is 9.53 Å². The van der Waals surface area contributed by atoms with Crippen molar-refractivity contribution in [2.75, 3.05) is 68.4 Å². The van der Waals surface area contributed by atoms with Crippen LogP contribution in [-0.4, -0.2) is 109 Å². The molecule has 1 amide bonds. The maximum atomic E-state index is 13.2. The first-order valence-corrected chi connectivity index (χ1v) is 16.0. The Morgan fingerprint density at radius 2 is 1.91 bits per heavy atom. The number of anilines is 4. The highest BCUT2D eigenvalue weighted by Crippen LogP contribution is 2.33. The second-order valence-corrected chi connectivity index (χ2v) is 12.4. The summed E-state index contributed by atoms with van der Waals surface area (Å²) in [5.74, 6) is 2.54. The molecule has 1 atom stereocenters. The van der Waals surface area contributed by atoms with Gasteiger partial charge in [-0.25, -0.2) is 19.9 Å². The van der Waals surface area contributed by atoms with E-state index in [0.717, 1.165) is 84.1 Å². The predicted octanol–water partition coefficient (Wildman–Crippen LogP) is 3.35. The van der Waals surface area contributed by atoms with Gasteiger partial charge in [0, 0.05) is 87.5 Å². The second-order valence-electron chi connectivity index (χ2n) is 12.4. The van der Waals surface area contributed by atoms with Gasteiger partial charge in [-0.15, -0.1) is 0 Å². The Labute approximate surface area is 273 Å². The molecule has 0 spiro atoms. The molecule has 4 aromatic heterocycles. The number of H-pyrrole nitrogens is 1. The maximum absolute atomic E-state index is 13.2. The lowest BCUT2D eigenvalue weighted by Gasteiger charge is -2.33. The first kappa shape index (κ1) is 30.6. The fourth-order valence-corrected chi connectivity index (χ4v) is 6.17. The number of aromatic amines is 1. The lowest BCUT2D eigenvalue weighted by molar-refractivity contribution is -0.117. The number of piperazine rings is 1. The summed E-state index contributed by atoms with van der Waals surface area (Å²) in [6.07, 6.45) is 6.08. The molecule has 2 aliphatic heterocycles. The molecule has 1 aromatic carbocycles. The van der Waals surface area contributed by atoms with Crippen molar-refractivity contribution in [1.82, 2.24) is 44.5 Å². The summed E-state index contributed by atoms with van der Waals surface area (Å²) >= 11 is 0. The molecule has 244 valence electrons. The number of fused-ring (bicyclic) bond motifs is 1. The number of nitrogens with zero attached hydrogens (tertiary/aromatic N) is 9. The van der Waals surface area contributed by atoms with Gasteiger partial charge in [0.2, 0.25) is 17.7 Å². The summed E-state index contributed by atoms with van der Waals surface area (Å²) < 4.78 is 8.03. The standard InChI is InChI=1S/C33H40N12O2/c1-21-16-35-33(39-27-14-22(2)43(4)41-27)40-31(21)25-17-34-32-24(25)6-5-7-26(32)38-29(46)19-44-9-8-23(18-44)47-30-15-28(36-20-37-30)45-12-10-42(3)11-13-45/h5-7,14-17,20,23,34H,8-13,18-19H2,1-4H3,(H,38,46)(H,35,39,40,41). The highest BCUT2D eigenvalue weighted by molar-refractivity contribution is 6.06. The molecule has 5 aromatic rings. The number of hydrogen-bond acceptors (Lipinski definition) is 11. The molecule has 1 unspecified atom stereocenters. The van der Waals surface area contributed by atoms with E-state index in [-0.39, 0.29) is 18.6 Å². The third-order valence-corrected chi connectivity index (χ3v) is 8.91. The summed E-state index contributed by atoms with van der Waals surface area (Å²) in [6.45, 7) is 9.55. The molecule has 7 rings (SSSR count). The SMILES string of the molecule is Cc1cnc(Nc2cc(C)n(C)n2)nc1-c1c[nH]c2c(NC(=O)CN3CCC(Oc4cc(N5CCN(C)CC5)ncn4)C3)cccc12. The second kappa shape index (κ2) is 13.0. The minimum absolute atomic E-state index is 0.0374. The van der Waals surface area contributed by atoms with E-state index in [4.69, 9.17) is 9.72 Å². The van der Waals surface area contributed by atoms with Crippen LogP contribution in [0.15, 0.2) is 49.1 Å². The smallest absolute Gasteiger partial charge is 0.238 e. The van der Waals surface area contributed by atoms with Crippen LogP contribution in [0.4, 0.5) is 23.3 Å². The zero-order valence-corrected chi connectivity index (χ0v) is 27.2. The van der Waals surface area contributed by atoms with Gasteiger partial charge in [0.25, 0.3) is 0 Å². The van der Waals surface area contributed by atoms with E-state index in [0.29, 0.717) is 24.2 Å². The summed E-state index contributed by atoms with van der Waals surface area (Å²) in [5, 5.41) is 11.7. The van der Waals surface area contributed by atoms with Crippen LogP contribution in [0.25, 0.3) is 22.2 Å². The van der Waals surface area contributed by atoms with Crippen molar-refractivity contribution in [3.8, 4) is 17.1 Å². The van der Waals surface area contributed by atoms with Gasteiger partial charge in [0.15, 0.2) is 5.82 Å². The quantitative estimate of drug-likeness (QED) is 0.219. The lowest BCUT2D eigenvalue weighted by atomic mass is 10.1. The number of para-hydroxylation sites is 1. The Morgan fingerprint density at radius 1 is 1.06 bits per heavy atom. The Bertz CT molecular complexity index is 1870. The fraction of sp³-hybridized carbons (Fsp3) is 0.394. The van der Waals surface area contributed by atoms with Crippen LogP contribution < -0.4 is 20.3 Å². The van der Waals surface area contributed by atoms with Crippen molar-refractivity contribution in [1.29, 1.82) is 0 Å². The third kappa shape index (κ3) is 6.74. The number of amides is 1. The number of hydrogen-bond donors (Lipinski definition) is 3. The number of likely N-dealkylation sites (N-methyl/N-ethyl adjacent to an activating group) is 1. The number of ether oxygens (including phenoxy) is 1. The third-order valence-electron chi connectivity index (χ3n) is 8.91. The number of likely N-dealkylation sites (tertiary alicyclic amines) is 1. The molecule has 2 saturated heterocycles. The fourth-order valence-electron chi connectivity index (χ4n) is 6.17. The van der Waals surface area contributed by atoms with Crippen molar-refractivity contribution in [3.05, 3.63) is 60.3 Å². The van der Waals surface area contributed by atoms with Crippen molar-refractivity contribution in [3.63, 3.8) is 0 Å². The normalized spacial score (nSPS) is 17.4. The van der Waals surface area contributed by atoms with E-state index in [1.807, 2.05) is 57.4 Å². The number of rotatable bonds is 9. The van der Waals surface area contributed by atoms with Crippen molar-refractivity contribution >= 4 is 40.1 Å². The average molecular weight is 637 g/mol. The monoisotopic (exact) mass is 636 g/mol. The molecule has 2 aliphatic rings. The zero-order valence-electron chi connectivity index (χ0n) is 27.2. The van der Waals surface area contributed by atoms with Crippen molar-refractivity contribution in [2.45, 2.75) is 26.4 Å². The first-order chi connectivity index (χ1) is 22.8. The van der Waals surface area contributed by atoms with Crippen LogP contribution in [0.1, 0.15) is 17.7 Å². The predicted molar refractivity (Wildman–Crippen MR) is 181 cm³/mol. The number of aromatic nitrogens is 7. The summed E-state index contributed by atoms with van der Waals surface area (Å²) in [6, 6.07) is 9.75. The number of carbonyl (C=O) groups is 1. The number of aryl methyl sites for hydroxylation is 3. The maximum Gasteiger partial charge on any atom is 0.238 e. The van der Waals surface area contributed by atoms with E-state index in [1.54, 1.807) is 17.2 Å². The highest BCUT2D eigenvalue weighted by Gasteiger charge is 2.27. The van der Waals surface area contributed by atoms with Crippen LogP contribution in [0.5, 0.6) is 5.88 Å². The molecule has 6 heterocycles. The molecule has 14 nitrogen and oxygen atoms in total. The Morgan fingerprint density at radius 3 is 2.72 bits per heavy atom.